The molecular weight excluding hydrogens is 298 g/mol. The van der Waals surface area contributed by atoms with Gasteiger partial charge in [-0.1, -0.05) is 17.8 Å². The van der Waals surface area contributed by atoms with Gasteiger partial charge in [0.1, 0.15) is 5.76 Å². The highest BCUT2D eigenvalue weighted by Gasteiger charge is 2.12. The highest BCUT2D eigenvalue weighted by Crippen LogP contribution is 2.20. The number of carbonyl (C=O) groups is 1. The van der Waals surface area contributed by atoms with Gasteiger partial charge in [0.25, 0.3) is 0 Å². The number of nitrogens with zero attached hydrogens (tertiary/aromatic N) is 2. The van der Waals surface area contributed by atoms with Gasteiger partial charge < -0.3 is 14.3 Å². The number of amides is 1. The van der Waals surface area contributed by atoms with Crippen LogP contribution in [0.15, 0.2) is 46.2 Å². The molecule has 114 valence electrons. The van der Waals surface area contributed by atoms with Crippen LogP contribution in [0.2, 0.25) is 0 Å². The lowest BCUT2D eigenvalue weighted by molar-refractivity contribution is -0.127. The van der Waals surface area contributed by atoms with Crippen LogP contribution in [0.1, 0.15) is 11.3 Å². The second kappa shape index (κ2) is 6.27. The first kappa shape index (κ1) is 14.7. The van der Waals surface area contributed by atoms with Crippen LogP contribution in [0.25, 0.3) is 11.0 Å². The monoisotopic (exact) mass is 315 g/mol. The van der Waals surface area contributed by atoms with E-state index in [1.165, 1.54) is 17.3 Å². The molecule has 22 heavy (non-hydrogen) atoms. The van der Waals surface area contributed by atoms with Crippen LogP contribution in [-0.2, 0) is 11.3 Å². The molecule has 0 aliphatic rings. The molecule has 0 saturated carbocycles. The van der Waals surface area contributed by atoms with E-state index in [1.807, 2.05) is 31.2 Å². The Labute approximate surface area is 132 Å². The van der Waals surface area contributed by atoms with Crippen LogP contribution in [0.3, 0.4) is 0 Å². The quantitative estimate of drug-likeness (QED) is 0.734. The summed E-state index contributed by atoms with van der Waals surface area (Å²) in [6.07, 6.45) is 1.61. The van der Waals surface area contributed by atoms with Crippen LogP contribution in [0.5, 0.6) is 0 Å². The second-order valence-electron chi connectivity index (χ2n) is 5.18. The van der Waals surface area contributed by atoms with Gasteiger partial charge in [0.2, 0.25) is 5.91 Å². The summed E-state index contributed by atoms with van der Waals surface area (Å²) < 4.78 is 5.25. The molecule has 0 spiro atoms. The Kier molecular flexibility index (Phi) is 4.20. The lowest BCUT2D eigenvalue weighted by Crippen LogP contribution is -2.27. The Morgan fingerprint density at radius 3 is 3.05 bits per heavy atom. The Balaban J connectivity index is 1.59. The number of aromatic nitrogens is 2. The van der Waals surface area contributed by atoms with Gasteiger partial charge in [0, 0.05) is 7.05 Å². The topological polar surface area (TPSA) is 62.1 Å². The number of rotatable bonds is 5. The predicted octanol–water partition coefficient (Wildman–Crippen LogP) is 3.22. The van der Waals surface area contributed by atoms with Crippen LogP contribution in [-0.4, -0.2) is 33.6 Å². The average Bonchev–Trinajstić information content (AvgIpc) is 3.13. The number of hydrogen-bond acceptors (Lipinski definition) is 4. The van der Waals surface area contributed by atoms with E-state index in [2.05, 4.69) is 16.0 Å². The van der Waals surface area contributed by atoms with Gasteiger partial charge in [-0.2, -0.15) is 0 Å². The minimum Gasteiger partial charge on any atom is -0.467 e. The average molecular weight is 315 g/mol. The number of furan rings is 1. The Morgan fingerprint density at radius 2 is 2.27 bits per heavy atom. The van der Waals surface area contributed by atoms with Crippen molar-refractivity contribution in [1.82, 2.24) is 14.9 Å². The van der Waals surface area contributed by atoms with Crippen LogP contribution in [0, 0.1) is 6.92 Å². The summed E-state index contributed by atoms with van der Waals surface area (Å²) in [6, 6.07) is 9.74. The lowest BCUT2D eigenvalue weighted by Gasteiger charge is -2.14. The normalized spacial score (nSPS) is 11.0. The smallest absolute Gasteiger partial charge is 0.233 e. The molecule has 1 amide bonds. The van der Waals surface area contributed by atoms with Gasteiger partial charge in [0.05, 0.1) is 29.6 Å². The van der Waals surface area contributed by atoms with Crippen molar-refractivity contribution in [3.63, 3.8) is 0 Å². The van der Waals surface area contributed by atoms with E-state index >= 15 is 0 Å². The number of benzene rings is 1. The molecule has 1 aromatic carbocycles. The number of H-pyrrole nitrogens is 1. The van der Waals surface area contributed by atoms with E-state index in [0.717, 1.165) is 22.0 Å². The largest absolute Gasteiger partial charge is 0.467 e. The van der Waals surface area contributed by atoms with Crippen LogP contribution in [0.4, 0.5) is 0 Å². The number of fused-ring (bicyclic) bond motifs is 1. The maximum Gasteiger partial charge on any atom is 0.233 e. The maximum atomic E-state index is 12.1. The van der Waals surface area contributed by atoms with E-state index < -0.39 is 0 Å². The molecule has 6 heteroatoms. The molecule has 0 fully saturated rings. The Morgan fingerprint density at radius 1 is 1.41 bits per heavy atom. The summed E-state index contributed by atoms with van der Waals surface area (Å²) in [4.78, 5) is 21.5. The van der Waals surface area contributed by atoms with E-state index in [0.29, 0.717) is 12.3 Å². The molecule has 0 saturated heterocycles. The number of hydrogen-bond donors (Lipinski definition) is 1. The molecule has 3 rings (SSSR count). The van der Waals surface area contributed by atoms with Gasteiger partial charge in [0.15, 0.2) is 5.16 Å². The molecule has 0 radical (unpaired) electrons. The number of carbonyl (C=O) groups excluding carboxylic acids is 1. The first-order chi connectivity index (χ1) is 10.6. The summed E-state index contributed by atoms with van der Waals surface area (Å²) in [6.45, 7) is 2.52. The first-order valence-electron chi connectivity index (χ1n) is 6.97. The molecule has 2 aromatic heterocycles. The van der Waals surface area contributed by atoms with Crippen LogP contribution < -0.4 is 0 Å². The third-order valence-electron chi connectivity index (χ3n) is 3.35. The fourth-order valence-electron chi connectivity index (χ4n) is 2.13. The summed E-state index contributed by atoms with van der Waals surface area (Å²) in [5.41, 5.74) is 3.10. The molecule has 0 aliphatic carbocycles. The minimum atomic E-state index is 0.0398. The number of nitrogens with one attached hydrogen (secondary N) is 1. The summed E-state index contributed by atoms with van der Waals surface area (Å²) in [5.74, 6) is 1.16. The van der Waals surface area contributed by atoms with Crippen molar-refractivity contribution in [2.45, 2.75) is 18.6 Å². The van der Waals surface area contributed by atoms with Gasteiger partial charge in [-0.3, -0.25) is 4.79 Å². The predicted molar refractivity (Wildman–Crippen MR) is 86.7 cm³/mol. The number of aryl methyl sites for hydroxylation is 1. The van der Waals surface area contributed by atoms with Crippen molar-refractivity contribution >= 4 is 28.7 Å². The summed E-state index contributed by atoms with van der Waals surface area (Å²) in [7, 11) is 1.77. The highest BCUT2D eigenvalue weighted by molar-refractivity contribution is 7.99. The third-order valence-corrected chi connectivity index (χ3v) is 4.20. The molecule has 0 atom stereocenters. The minimum absolute atomic E-state index is 0.0398. The third kappa shape index (κ3) is 3.33. The molecule has 2 heterocycles. The van der Waals surface area contributed by atoms with E-state index in [4.69, 9.17) is 4.42 Å². The molecule has 0 aliphatic heterocycles. The zero-order valence-electron chi connectivity index (χ0n) is 12.5. The molecular formula is C16H17N3O2S. The van der Waals surface area contributed by atoms with E-state index in [1.54, 1.807) is 18.2 Å². The molecule has 0 bridgehead atoms. The number of aromatic amines is 1. The van der Waals surface area contributed by atoms with Crippen molar-refractivity contribution in [2.24, 2.45) is 0 Å². The second-order valence-corrected chi connectivity index (χ2v) is 6.14. The molecule has 5 nitrogen and oxygen atoms in total. The van der Waals surface area contributed by atoms with Crippen LogP contribution >= 0.6 is 11.8 Å². The van der Waals surface area contributed by atoms with Gasteiger partial charge >= 0.3 is 0 Å². The van der Waals surface area contributed by atoms with Crippen molar-refractivity contribution in [2.75, 3.05) is 12.8 Å². The summed E-state index contributed by atoms with van der Waals surface area (Å²) in [5, 5.41) is 0.764. The van der Waals surface area contributed by atoms with E-state index in [-0.39, 0.29) is 5.91 Å². The molecule has 1 N–H and O–H groups in total. The van der Waals surface area contributed by atoms with Crippen molar-refractivity contribution < 1.29 is 9.21 Å². The number of thioether (sulfide) groups is 1. The zero-order valence-corrected chi connectivity index (χ0v) is 13.3. The van der Waals surface area contributed by atoms with Gasteiger partial charge in [-0.15, -0.1) is 0 Å². The fourth-order valence-corrected chi connectivity index (χ4v) is 2.96. The van der Waals surface area contributed by atoms with Crippen molar-refractivity contribution in [3.05, 3.63) is 47.9 Å². The maximum absolute atomic E-state index is 12.1. The fraction of sp³-hybridized carbons (Fsp3) is 0.250. The number of imidazole rings is 1. The molecule has 0 unspecified atom stereocenters. The SMILES string of the molecule is Cc1ccc2nc(SCC(=O)N(C)Cc3ccco3)[nH]c2c1. The molecule has 3 aromatic rings. The van der Waals surface area contributed by atoms with Gasteiger partial charge in [-0.25, -0.2) is 4.98 Å². The van der Waals surface area contributed by atoms with E-state index in [9.17, 15) is 4.79 Å². The Bertz CT molecular complexity index is 780. The zero-order chi connectivity index (χ0) is 15.5. The van der Waals surface area contributed by atoms with Crippen molar-refractivity contribution in [1.29, 1.82) is 0 Å². The summed E-state index contributed by atoms with van der Waals surface area (Å²) >= 11 is 1.41. The first-order valence-corrected chi connectivity index (χ1v) is 7.96. The standard InChI is InChI=1S/C16H17N3O2S/c1-11-5-6-13-14(8-11)18-16(17-13)22-10-15(20)19(2)9-12-4-3-7-21-12/h3-8H,9-10H2,1-2H3,(H,17,18). The van der Waals surface area contributed by atoms with Crippen molar-refractivity contribution in [3.8, 4) is 0 Å². The Hall–Kier alpha value is -2.21. The lowest BCUT2D eigenvalue weighted by atomic mass is 10.2. The highest BCUT2D eigenvalue weighted by atomic mass is 32.2. The van der Waals surface area contributed by atoms with Gasteiger partial charge in [-0.05, 0) is 36.8 Å².